The van der Waals surface area contributed by atoms with Gasteiger partial charge in [0.15, 0.2) is 0 Å². The van der Waals surface area contributed by atoms with Gasteiger partial charge in [0.1, 0.15) is 0 Å². The molecule has 0 heterocycles. The normalized spacial score (nSPS) is 13.4. The molecule has 96 valence electrons. The molecule has 4 N–H and O–H groups in total. The molecule has 7 heteroatoms. The van der Waals surface area contributed by atoms with Gasteiger partial charge in [0, 0.05) is 13.0 Å². The molecule has 0 aromatic rings. The smallest absolute Gasteiger partial charge is 0.220 e. The van der Waals surface area contributed by atoms with E-state index in [0.717, 1.165) is 6.42 Å². The number of hydrogen-bond donors (Lipinski definition) is 3. The second-order valence-electron chi connectivity index (χ2n) is 3.59. The molecule has 0 spiro atoms. The largest absolute Gasteiger partial charge is 0.355 e. The van der Waals surface area contributed by atoms with Gasteiger partial charge in [-0.25, -0.2) is 13.1 Å². The van der Waals surface area contributed by atoms with E-state index in [4.69, 9.17) is 5.73 Å². The highest BCUT2D eigenvalue weighted by Crippen LogP contribution is 2.04. The van der Waals surface area contributed by atoms with E-state index in [1.807, 2.05) is 6.92 Å². The minimum Gasteiger partial charge on any atom is -0.355 e. The van der Waals surface area contributed by atoms with Crippen LogP contribution in [0, 0.1) is 5.92 Å². The maximum absolute atomic E-state index is 11.4. The number of amides is 1. The van der Waals surface area contributed by atoms with Crippen molar-refractivity contribution in [2.75, 3.05) is 25.9 Å². The van der Waals surface area contributed by atoms with Crippen LogP contribution in [-0.2, 0) is 14.8 Å². The highest BCUT2D eigenvalue weighted by molar-refractivity contribution is 7.89. The van der Waals surface area contributed by atoms with Crippen molar-refractivity contribution < 1.29 is 13.2 Å². The summed E-state index contributed by atoms with van der Waals surface area (Å²) in [6.45, 7) is 2.57. The van der Waals surface area contributed by atoms with Crippen molar-refractivity contribution in [3.8, 4) is 0 Å². The molecule has 0 fully saturated rings. The van der Waals surface area contributed by atoms with Crippen molar-refractivity contribution in [3.63, 3.8) is 0 Å². The minimum absolute atomic E-state index is 0.103. The molecular formula is C9H21N3O3S. The number of rotatable bonds is 8. The number of hydrogen-bond acceptors (Lipinski definition) is 4. The molecule has 0 saturated carbocycles. The van der Waals surface area contributed by atoms with E-state index in [1.54, 1.807) is 0 Å². The molecule has 0 aliphatic carbocycles. The molecule has 0 bridgehead atoms. The van der Waals surface area contributed by atoms with Crippen molar-refractivity contribution in [2.45, 2.75) is 19.8 Å². The summed E-state index contributed by atoms with van der Waals surface area (Å²) < 4.78 is 24.2. The van der Waals surface area contributed by atoms with Gasteiger partial charge in [-0.1, -0.05) is 13.3 Å². The molecule has 0 saturated heterocycles. The molecule has 16 heavy (non-hydrogen) atoms. The van der Waals surface area contributed by atoms with Crippen LogP contribution < -0.4 is 15.8 Å². The van der Waals surface area contributed by atoms with Crippen molar-refractivity contribution in [1.29, 1.82) is 0 Å². The first-order chi connectivity index (χ1) is 7.45. The predicted octanol–water partition coefficient (Wildman–Crippen LogP) is -0.973. The monoisotopic (exact) mass is 251 g/mol. The molecule has 1 amide bonds. The Morgan fingerprint density at radius 1 is 1.44 bits per heavy atom. The summed E-state index contributed by atoms with van der Waals surface area (Å²) in [5, 5.41) is 2.56. The summed E-state index contributed by atoms with van der Waals surface area (Å²) >= 11 is 0. The third-order valence-corrected chi connectivity index (χ3v) is 3.75. The summed E-state index contributed by atoms with van der Waals surface area (Å²) in [5.74, 6) is -0.0845. The van der Waals surface area contributed by atoms with Crippen LogP contribution in [0.4, 0.5) is 0 Å². The van der Waals surface area contributed by atoms with Gasteiger partial charge in [0.25, 0.3) is 0 Å². The standard InChI is InChI=1S/C9H21N3O3S/c1-3-8(7-10)6-9(13)12-4-5-16(14,15)11-2/h8,11H,3-7,10H2,1-2H3,(H,12,13). The fourth-order valence-electron chi connectivity index (χ4n) is 1.16. The fraction of sp³-hybridized carbons (Fsp3) is 0.889. The third-order valence-electron chi connectivity index (χ3n) is 2.39. The molecule has 0 aliphatic rings. The van der Waals surface area contributed by atoms with E-state index < -0.39 is 10.0 Å². The second kappa shape index (κ2) is 7.59. The lowest BCUT2D eigenvalue weighted by Gasteiger charge is -2.11. The van der Waals surface area contributed by atoms with Crippen LogP contribution in [0.3, 0.4) is 0 Å². The summed E-state index contributed by atoms with van der Waals surface area (Å²) in [6.07, 6.45) is 1.20. The summed E-state index contributed by atoms with van der Waals surface area (Å²) in [7, 11) is -1.90. The summed E-state index contributed by atoms with van der Waals surface area (Å²) in [4.78, 5) is 11.4. The van der Waals surface area contributed by atoms with Crippen LogP contribution in [0.15, 0.2) is 0 Å². The maximum atomic E-state index is 11.4. The number of carbonyl (C=O) groups excluding carboxylic acids is 1. The van der Waals surface area contributed by atoms with Gasteiger partial charge >= 0.3 is 0 Å². The van der Waals surface area contributed by atoms with Crippen LogP contribution in [0.2, 0.25) is 0 Å². The lowest BCUT2D eigenvalue weighted by Crippen LogP contribution is -2.34. The Balaban J connectivity index is 3.82. The van der Waals surface area contributed by atoms with E-state index in [0.29, 0.717) is 13.0 Å². The molecule has 6 nitrogen and oxygen atoms in total. The number of sulfonamides is 1. The molecular weight excluding hydrogens is 230 g/mol. The summed E-state index contributed by atoms with van der Waals surface area (Å²) in [6, 6.07) is 0. The fourth-order valence-corrected chi connectivity index (χ4v) is 1.73. The molecule has 0 rings (SSSR count). The first-order valence-electron chi connectivity index (χ1n) is 5.33. The van der Waals surface area contributed by atoms with Crippen molar-refractivity contribution in [2.24, 2.45) is 11.7 Å². The number of carbonyl (C=O) groups is 1. The van der Waals surface area contributed by atoms with Crippen molar-refractivity contribution in [3.05, 3.63) is 0 Å². The average molecular weight is 251 g/mol. The second-order valence-corrected chi connectivity index (χ2v) is 5.63. The van der Waals surface area contributed by atoms with Gasteiger partial charge < -0.3 is 11.1 Å². The Kier molecular flexibility index (Phi) is 7.27. The molecule has 1 unspecified atom stereocenters. The van der Waals surface area contributed by atoms with E-state index in [2.05, 4.69) is 10.0 Å². The quantitative estimate of drug-likeness (QED) is 0.516. The molecule has 0 aromatic carbocycles. The maximum Gasteiger partial charge on any atom is 0.220 e. The van der Waals surface area contributed by atoms with E-state index in [1.165, 1.54) is 7.05 Å². The van der Waals surface area contributed by atoms with Crippen molar-refractivity contribution in [1.82, 2.24) is 10.0 Å². The lowest BCUT2D eigenvalue weighted by molar-refractivity contribution is -0.121. The zero-order valence-corrected chi connectivity index (χ0v) is 10.6. The van der Waals surface area contributed by atoms with Gasteiger partial charge in [-0.05, 0) is 19.5 Å². The van der Waals surface area contributed by atoms with E-state index >= 15 is 0 Å². The number of nitrogens with one attached hydrogen (secondary N) is 2. The average Bonchev–Trinajstić information content (AvgIpc) is 2.25. The first-order valence-corrected chi connectivity index (χ1v) is 6.98. The Labute approximate surface area is 97.0 Å². The van der Waals surface area contributed by atoms with Crippen LogP contribution >= 0.6 is 0 Å². The van der Waals surface area contributed by atoms with E-state index in [9.17, 15) is 13.2 Å². The Hall–Kier alpha value is -0.660. The van der Waals surface area contributed by atoms with Crippen molar-refractivity contribution >= 4 is 15.9 Å². The van der Waals surface area contributed by atoms with Gasteiger partial charge in [-0.3, -0.25) is 4.79 Å². The molecule has 0 aromatic heterocycles. The van der Waals surface area contributed by atoms with Crippen LogP contribution in [-0.4, -0.2) is 40.2 Å². The van der Waals surface area contributed by atoms with Gasteiger partial charge in [0.05, 0.1) is 5.75 Å². The molecule has 1 atom stereocenters. The zero-order valence-electron chi connectivity index (χ0n) is 9.82. The van der Waals surface area contributed by atoms with Crippen LogP contribution in [0.25, 0.3) is 0 Å². The molecule has 0 radical (unpaired) electrons. The van der Waals surface area contributed by atoms with Crippen LogP contribution in [0.1, 0.15) is 19.8 Å². The zero-order chi connectivity index (χ0) is 12.6. The first kappa shape index (κ1) is 15.3. The Morgan fingerprint density at radius 2 is 2.06 bits per heavy atom. The predicted molar refractivity (Wildman–Crippen MR) is 63.3 cm³/mol. The lowest BCUT2D eigenvalue weighted by atomic mass is 10.0. The number of nitrogens with two attached hydrogens (primary N) is 1. The Morgan fingerprint density at radius 3 is 2.50 bits per heavy atom. The van der Waals surface area contributed by atoms with Gasteiger partial charge in [-0.15, -0.1) is 0 Å². The highest BCUT2D eigenvalue weighted by Gasteiger charge is 2.11. The van der Waals surface area contributed by atoms with Crippen LogP contribution in [0.5, 0.6) is 0 Å². The van der Waals surface area contributed by atoms with Gasteiger partial charge in [0.2, 0.25) is 15.9 Å². The van der Waals surface area contributed by atoms with E-state index in [-0.39, 0.29) is 24.1 Å². The molecule has 0 aliphatic heterocycles. The topological polar surface area (TPSA) is 101 Å². The third kappa shape index (κ3) is 6.76. The highest BCUT2D eigenvalue weighted by atomic mass is 32.2. The SMILES string of the molecule is CCC(CN)CC(=O)NCCS(=O)(=O)NC. The minimum atomic E-state index is -3.24. The van der Waals surface area contributed by atoms with Gasteiger partial charge in [-0.2, -0.15) is 0 Å². The summed E-state index contributed by atoms with van der Waals surface area (Å²) in [5.41, 5.74) is 5.47. The Bertz CT molecular complexity index is 299.